The van der Waals surface area contributed by atoms with E-state index in [4.69, 9.17) is 14.2 Å². The molecule has 2 fully saturated rings. The maximum absolute atomic E-state index is 14.9. The normalized spacial score (nSPS) is 29.5. The molecule has 4 aliphatic heterocycles. The first-order valence-corrected chi connectivity index (χ1v) is 16.8. The van der Waals surface area contributed by atoms with Gasteiger partial charge in [-0.3, -0.25) is 19.2 Å². The molecule has 6 rings (SSSR count). The number of aliphatic hydroxyl groups excluding tert-OH is 1. The molecule has 2 saturated heterocycles. The Labute approximate surface area is 280 Å². The van der Waals surface area contributed by atoms with Crippen molar-refractivity contribution in [1.29, 1.82) is 0 Å². The Balaban J connectivity index is 1.39. The highest BCUT2D eigenvalue weighted by Crippen LogP contribution is 2.56. The van der Waals surface area contributed by atoms with Gasteiger partial charge in [0.05, 0.1) is 25.7 Å². The molecule has 2 aromatic carbocycles. The topological polar surface area (TPSA) is 135 Å². The molecule has 1 spiro atoms. The van der Waals surface area contributed by atoms with E-state index in [1.807, 2.05) is 42.5 Å². The lowest BCUT2D eigenvalue weighted by atomic mass is 9.74. The second-order valence-corrected chi connectivity index (χ2v) is 12.7. The number of amides is 3. The maximum atomic E-state index is 14.9. The summed E-state index contributed by atoms with van der Waals surface area (Å²) in [5.74, 6) is -2.75. The zero-order valence-electron chi connectivity index (χ0n) is 27.2. The van der Waals surface area contributed by atoms with Crippen molar-refractivity contribution in [3.05, 3.63) is 84.5 Å². The number of hydrogen-bond donors (Lipinski definition) is 2. The van der Waals surface area contributed by atoms with Gasteiger partial charge in [-0.2, -0.15) is 0 Å². The van der Waals surface area contributed by atoms with Gasteiger partial charge < -0.3 is 34.4 Å². The van der Waals surface area contributed by atoms with Crippen LogP contribution in [0.5, 0.6) is 5.75 Å². The third-order valence-electron chi connectivity index (χ3n) is 9.74. The number of fused-ring (bicyclic) bond motifs is 2. The number of aliphatic hydroxyl groups is 1. The van der Waals surface area contributed by atoms with Crippen LogP contribution in [0.1, 0.15) is 50.2 Å². The molecule has 6 atom stereocenters. The number of methoxy groups -OCH3 is 1. The van der Waals surface area contributed by atoms with Gasteiger partial charge in [-0.1, -0.05) is 67.5 Å². The van der Waals surface area contributed by atoms with Gasteiger partial charge in [0.15, 0.2) is 0 Å². The molecule has 0 aromatic heterocycles. The van der Waals surface area contributed by atoms with Crippen LogP contribution in [0.2, 0.25) is 0 Å². The SMILES string of the molecule is COc1ccc(N2C/C=C\CCC(=O)NC[C@@H](c3ccccc3)OC(=O)[C@@H]3[C@@H]4C=C[C@]5(O4)[C@H](C2=O)N(CCCCCCO)C(=O)[C@@H]35)cc1. The first-order chi connectivity index (χ1) is 23.4. The highest BCUT2D eigenvalue weighted by Gasteiger charge is 2.73. The summed E-state index contributed by atoms with van der Waals surface area (Å²) in [4.78, 5) is 59.5. The molecule has 4 aliphatic rings. The average molecular weight is 658 g/mol. The first-order valence-electron chi connectivity index (χ1n) is 16.8. The minimum Gasteiger partial charge on any atom is -0.497 e. The van der Waals surface area contributed by atoms with Gasteiger partial charge in [-0.15, -0.1) is 0 Å². The van der Waals surface area contributed by atoms with Gasteiger partial charge in [-0.05, 0) is 49.1 Å². The summed E-state index contributed by atoms with van der Waals surface area (Å²) in [5.41, 5.74) is -0.0369. The molecule has 0 saturated carbocycles. The number of cyclic esters (lactones) is 1. The summed E-state index contributed by atoms with van der Waals surface area (Å²) >= 11 is 0. The first kappa shape index (κ1) is 33.4. The third-order valence-corrected chi connectivity index (χ3v) is 9.74. The summed E-state index contributed by atoms with van der Waals surface area (Å²) in [7, 11) is 1.57. The Morgan fingerprint density at radius 1 is 0.958 bits per heavy atom. The second-order valence-electron chi connectivity index (χ2n) is 12.7. The predicted molar refractivity (Wildman–Crippen MR) is 177 cm³/mol. The lowest BCUT2D eigenvalue weighted by molar-refractivity contribution is -0.159. The molecule has 4 heterocycles. The van der Waals surface area contributed by atoms with E-state index in [1.54, 1.807) is 53.3 Å². The Kier molecular flexibility index (Phi) is 10.3. The number of anilines is 1. The molecule has 0 aliphatic carbocycles. The van der Waals surface area contributed by atoms with Crippen LogP contribution in [-0.2, 0) is 28.7 Å². The zero-order valence-corrected chi connectivity index (χ0v) is 27.2. The van der Waals surface area contributed by atoms with Crippen molar-refractivity contribution in [2.24, 2.45) is 11.8 Å². The molecule has 0 radical (unpaired) electrons. The molecule has 0 unspecified atom stereocenters. The standard InChI is InChI=1S/C37H43N3O8/c1-46-27-17-15-26(16-18-27)39-21-10-5-8-14-30(42)38-24-29(25-12-6-4-7-13-25)47-36(45)31-28-19-20-37(48-28)32(31)34(43)40(33(37)35(39)44)22-9-2-3-11-23-41/h4-7,10,12-13,15-20,28-29,31-33,41H,2-3,8-9,11,14,21-24H2,1H3,(H,38,42)/b10-5-/t28-,29-,31+,32+,33-,37+/m0/s1. The van der Waals surface area contributed by atoms with Crippen LogP contribution < -0.4 is 15.0 Å². The average Bonchev–Trinajstić information content (AvgIpc) is 3.75. The monoisotopic (exact) mass is 657 g/mol. The highest BCUT2D eigenvalue weighted by atomic mass is 16.6. The molecule has 11 nitrogen and oxygen atoms in total. The number of likely N-dealkylation sites (tertiary alicyclic amines) is 1. The van der Waals surface area contributed by atoms with Crippen LogP contribution >= 0.6 is 0 Å². The van der Waals surface area contributed by atoms with Crippen LogP contribution in [0.4, 0.5) is 5.69 Å². The number of nitrogens with zero attached hydrogens (tertiary/aromatic N) is 2. The van der Waals surface area contributed by atoms with E-state index in [0.717, 1.165) is 12.8 Å². The number of hydrogen-bond acceptors (Lipinski definition) is 8. The lowest BCUT2D eigenvalue weighted by Crippen LogP contribution is -2.56. The molecule has 5 bridgehead atoms. The van der Waals surface area contributed by atoms with Gasteiger partial charge in [0.1, 0.15) is 29.4 Å². The van der Waals surface area contributed by atoms with Crippen LogP contribution in [0, 0.1) is 11.8 Å². The van der Waals surface area contributed by atoms with E-state index in [2.05, 4.69) is 5.32 Å². The third kappa shape index (κ3) is 6.49. The lowest BCUT2D eigenvalue weighted by Gasteiger charge is -2.36. The van der Waals surface area contributed by atoms with Crippen molar-refractivity contribution < 1.29 is 38.5 Å². The quantitative estimate of drug-likeness (QED) is 0.238. The van der Waals surface area contributed by atoms with E-state index in [9.17, 15) is 24.3 Å². The summed E-state index contributed by atoms with van der Waals surface area (Å²) in [6.45, 7) is 0.657. The van der Waals surface area contributed by atoms with Gasteiger partial charge >= 0.3 is 5.97 Å². The summed E-state index contributed by atoms with van der Waals surface area (Å²) in [6, 6.07) is 15.3. The predicted octanol–water partition coefficient (Wildman–Crippen LogP) is 3.48. The number of rotatable bonds is 9. The number of benzene rings is 2. The molecule has 48 heavy (non-hydrogen) atoms. The minimum absolute atomic E-state index is 0.0719. The highest BCUT2D eigenvalue weighted by molar-refractivity contribution is 6.05. The zero-order chi connectivity index (χ0) is 33.7. The fourth-order valence-electron chi connectivity index (χ4n) is 7.36. The number of allylic oxidation sites excluding steroid dienone is 1. The molecular formula is C37H43N3O8. The maximum Gasteiger partial charge on any atom is 0.313 e. The molecule has 254 valence electrons. The van der Waals surface area contributed by atoms with E-state index < -0.39 is 41.7 Å². The second kappa shape index (κ2) is 14.7. The Hall–Kier alpha value is -4.48. The number of carbonyl (C=O) groups is 4. The number of carbonyl (C=O) groups excluding carboxylic acids is 4. The molecular weight excluding hydrogens is 614 g/mol. The van der Waals surface area contributed by atoms with Gasteiger partial charge in [-0.25, -0.2) is 0 Å². The number of nitrogens with one attached hydrogen (secondary N) is 1. The smallest absolute Gasteiger partial charge is 0.313 e. The molecule has 2 aromatic rings. The van der Waals surface area contributed by atoms with E-state index in [-0.39, 0.29) is 43.8 Å². The Bertz CT molecular complexity index is 1540. The van der Waals surface area contributed by atoms with Crippen LogP contribution in [0.3, 0.4) is 0 Å². The van der Waals surface area contributed by atoms with Crippen molar-refractivity contribution in [2.75, 3.05) is 38.3 Å². The van der Waals surface area contributed by atoms with Crippen molar-refractivity contribution in [2.45, 2.75) is 62.4 Å². The van der Waals surface area contributed by atoms with Crippen LogP contribution in [0.25, 0.3) is 0 Å². The molecule has 3 amide bonds. The van der Waals surface area contributed by atoms with Crippen molar-refractivity contribution in [1.82, 2.24) is 10.2 Å². The van der Waals surface area contributed by atoms with Gasteiger partial charge in [0.2, 0.25) is 11.8 Å². The summed E-state index contributed by atoms with van der Waals surface area (Å²) < 4.78 is 18.0. The molecule has 2 N–H and O–H groups in total. The summed E-state index contributed by atoms with van der Waals surface area (Å²) in [6.07, 6.45) is 9.25. The van der Waals surface area contributed by atoms with Crippen molar-refractivity contribution in [3.8, 4) is 5.75 Å². The van der Waals surface area contributed by atoms with Gasteiger partial charge in [0, 0.05) is 31.8 Å². The van der Waals surface area contributed by atoms with E-state index in [0.29, 0.717) is 42.8 Å². The Morgan fingerprint density at radius 2 is 1.73 bits per heavy atom. The fraction of sp³-hybridized carbons (Fsp3) is 0.459. The van der Waals surface area contributed by atoms with Crippen molar-refractivity contribution in [3.63, 3.8) is 0 Å². The number of esters is 1. The van der Waals surface area contributed by atoms with Crippen LogP contribution in [-0.4, -0.2) is 84.8 Å². The van der Waals surface area contributed by atoms with Gasteiger partial charge in [0.25, 0.3) is 5.91 Å². The van der Waals surface area contributed by atoms with E-state index in [1.165, 1.54) is 0 Å². The molecule has 11 heteroatoms. The largest absolute Gasteiger partial charge is 0.497 e. The van der Waals surface area contributed by atoms with Crippen LogP contribution in [0.15, 0.2) is 78.9 Å². The van der Waals surface area contributed by atoms with E-state index >= 15 is 0 Å². The number of ether oxygens (including phenoxy) is 3. The fourth-order valence-corrected chi connectivity index (χ4v) is 7.36. The Morgan fingerprint density at radius 3 is 2.48 bits per heavy atom. The summed E-state index contributed by atoms with van der Waals surface area (Å²) in [5, 5.41) is 12.2. The minimum atomic E-state index is -1.35. The number of unbranched alkanes of at least 4 members (excludes halogenated alkanes) is 3. The van der Waals surface area contributed by atoms with Crippen molar-refractivity contribution >= 4 is 29.4 Å².